The molecule has 0 spiro atoms. The molecule has 7 atom stereocenters. The molecule has 0 unspecified atom stereocenters. The summed E-state index contributed by atoms with van der Waals surface area (Å²) in [7, 11) is 0. The molecule has 5 N–H and O–H groups in total. The first-order chi connectivity index (χ1) is 17.6. The van der Waals surface area contributed by atoms with E-state index in [1.54, 1.807) is 12.1 Å². The van der Waals surface area contributed by atoms with Gasteiger partial charge in [-0.05, 0) is 86.3 Å². The summed E-state index contributed by atoms with van der Waals surface area (Å²) in [6.45, 7) is -1.23. The standard InChI is InChI=1S/C26H33Cl3O7S/c27-15-8-14(9-16(28)10-15)4-6-19-18(20(29)11-21(19)31)3-1-2-17-5-7-24(37-17)26(35)36-13-23(33)25(34)22(32)12-30/h5,7-10,18-23,25,30-34H,1-4,6,11-13H2/t18-,19-,20-,21-,22+,23-,25+/m1/s1. The van der Waals surface area contributed by atoms with Gasteiger partial charge in [-0.25, -0.2) is 4.79 Å². The van der Waals surface area contributed by atoms with E-state index in [1.165, 1.54) is 11.3 Å². The highest BCUT2D eigenvalue weighted by molar-refractivity contribution is 7.13. The van der Waals surface area contributed by atoms with E-state index in [4.69, 9.17) is 44.6 Å². The van der Waals surface area contributed by atoms with Gasteiger partial charge in [0.25, 0.3) is 0 Å². The number of aliphatic hydroxyl groups is 5. The maximum absolute atomic E-state index is 12.3. The molecule has 1 aliphatic carbocycles. The Morgan fingerprint density at radius 1 is 1.03 bits per heavy atom. The lowest BCUT2D eigenvalue weighted by molar-refractivity contribution is -0.0925. The Kier molecular flexibility index (Phi) is 11.9. The SMILES string of the molecule is O=C(OC[C@@H](O)[C@@H](O)[C@@H](O)CO)c1ccc(CCC[C@@H]2[C@@H](CCc3cc(Cl)cc(Cl)c3)[C@H](O)C[C@H]2Cl)s1. The molecule has 3 rings (SSSR count). The topological polar surface area (TPSA) is 127 Å². The third kappa shape index (κ3) is 8.78. The van der Waals surface area contributed by atoms with Crippen molar-refractivity contribution >= 4 is 52.1 Å². The number of aliphatic hydroxyl groups excluding tert-OH is 5. The van der Waals surface area contributed by atoms with Crippen LogP contribution in [-0.4, -0.2) is 74.5 Å². The van der Waals surface area contributed by atoms with E-state index in [0.717, 1.165) is 42.5 Å². The number of hydrogen-bond acceptors (Lipinski definition) is 8. The Labute approximate surface area is 235 Å². The van der Waals surface area contributed by atoms with E-state index in [-0.39, 0.29) is 17.2 Å². The highest BCUT2D eigenvalue weighted by atomic mass is 35.5. The fourth-order valence-electron chi connectivity index (χ4n) is 4.85. The summed E-state index contributed by atoms with van der Waals surface area (Å²) < 4.78 is 5.03. The fourth-order valence-corrected chi connectivity index (χ4v) is 6.86. The largest absolute Gasteiger partial charge is 0.459 e. The first-order valence-electron chi connectivity index (χ1n) is 12.3. The molecule has 0 amide bonds. The summed E-state index contributed by atoms with van der Waals surface area (Å²) in [4.78, 5) is 13.6. The van der Waals surface area contributed by atoms with Gasteiger partial charge in [0.15, 0.2) is 0 Å². The Bertz CT molecular complexity index is 1000. The van der Waals surface area contributed by atoms with Crippen LogP contribution < -0.4 is 0 Å². The van der Waals surface area contributed by atoms with Crippen LogP contribution in [0.2, 0.25) is 10.0 Å². The monoisotopic (exact) mass is 594 g/mol. The number of alkyl halides is 1. The van der Waals surface area contributed by atoms with Gasteiger partial charge in [-0.2, -0.15) is 0 Å². The van der Waals surface area contributed by atoms with Crippen molar-refractivity contribution in [1.82, 2.24) is 0 Å². The van der Waals surface area contributed by atoms with Crippen molar-refractivity contribution < 1.29 is 35.1 Å². The smallest absolute Gasteiger partial charge is 0.348 e. The molecule has 0 saturated heterocycles. The molecule has 2 aromatic rings. The predicted octanol–water partition coefficient (Wildman–Crippen LogP) is 3.85. The third-order valence-corrected chi connectivity index (χ3v) is 8.91. The Morgan fingerprint density at radius 2 is 1.73 bits per heavy atom. The maximum atomic E-state index is 12.3. The fraction of sp³-hybridized carbons (Fsp3) is 0.577. The van der Waals surface area contributed by atoms with Gasteiger partial charge in [0.1, 0.15) is 29.8 Å². The van der Waals surface area contributed by atoms with Crippen LogP contribution in [0.25, 0.3) is 0 Å². The van der Waals surface area contributed by atoms with Crippen LogP contribution in [0.4, 0.5) is 0 Å². The average Bonchev–Trinajstić information content (AvgIpc) is 3.43. The van der Waals surface area contributed by atoms with E-state index in [9.17, 15) is 25.2 Å². The minimum absolute atomic E-state index is 0.0836. The van der Waals surface area contributed by atoms with Crippen molar-refractivity contribution in [1.29, 1.82) is 0 Å². The van der Waals surface area contributed by atoms with Crippen LogP contribution in [0.1, 0.15) is 45.8 Å². The van der Waals surface area contributed by atoms with Gasteiger partial charge in [0, 0.05) is 20.3 Å². The molecule has 1 aromatic heterocycles. The number of carbonyl (C=O) groups excluding carboxylic acids is 1. The van der Waals surface area contributed by atoms with Crippen LogP contribution in [0.5, 0.6) is 0 Å². The van der Waals surface area contributed by atoms with Crippen LogP contribution >= 0.6 is 46.1 Å². The predicted molar refractivity (Wildman–Crippen MR) is 145 cm³/mol. The molecular formula is C26H33Cl3O7S. The van der Waals surface area contributed by atoms with Crippen LogP contribution in [0.15, 0.2) is 30.3 Å². The van der Waals surface area contributed by atoms with Crippen LogP contribution in [-0.2, 0) is 17.6 Å². The molecule has 0 radical (unpaired) electrons. The van der Waals surface area contributed by atoms with Gasteiger partial charge in [0.05, 0.1) is 12.7 Å². The summed E-state index contributed by atoms with van der Waals surface area (Å²) in [6.07, 6.45) is -0.557. The second kappa shape index (κ2) is 14.4. The number of halogens is 3. The molecule has 11 heteroatoms. The quantitative estimate of drug-likeness (QED) is 0.176. The molecular weight excluding hydrogens is 563 g/mol. The number of aryl methyl sites for hydroxylation is 2. The number of carbonyl (C=O) groups is 1. The molecule has 1 aliphatic rings. The molecule has 7 nitrogen and oxygen atoms in total. The van der Waals surface area contributed by atoms with Gasteiger partial charge in [-0.3, -0.25) is 0 Å². The Morgan fingerprint density at radius 3 is 2.41 bits per heavy atom. The highest BCUT2D eigenvalue weighted by Gasteiger charge is 2.40. The van der Waals surface area contributed by atoms with E-state index in [0.29, 0.717) is 21.3 Å². The minimum Gasteiger partial charge on any atom is -0.459 e. The van der Waals surface area contributed by atoms with Crippen LogP contribution in [0, 0.1) is 11.8 Å². The van der Waals surface area contributed by atoms with Gasteiger partial charge in [0.2, 0.25) is 0 Å². The second-order valence-electron chi connectivity index (χ2n) is 9.53. The first-order valence-corrected chi connectivity index (χ1v) is 14.3. The van der Waals surface area contributed by atoms with Gasteiger partial charge in [-0.15, -0.1) is 22.9 Å². The lowest BCUT2D eigenvalue weighted by atomic mass is 9.85. The third-order valence-electron chi connectivity index (χ3n) is 6.85. The molecule has 0 bridgehead atoms. The summed E-state index contributed by atoms with van der Waals surface area (Å²) in [5, 5.41) is 49.3. The number of esters is 1. The number of thiophene rings is 1. The van der Waals surface area contributed by atoms with Crippen molar-refractivity contribution in [3.05, 3.63) is 55.7 Å². The number of ether oxygens (including phenoxy) is 1. The average molecular weight is 596 g/mol. The van der Waals surface area contributed by atoms with E-state index in [1.807, 2.05) is 18.2 Å². The van der Waals surface area contributed by atoms with Gasteiger partial charge in [-0.1, -0.05) is 23.2 Å². The zero-order valence-electron chi connectivity index (χ0n) is 20.2. The first kappa shape index (κ1) is 30.6. The Hall–Kier alpha value is -0.940. The van der Waals surface area contributed by atoms with E-state index in [2.05, 4.69) is 0 Å². The van der Waals surface area contributed by atoms with Crippen molar-refractivity contribution in [2.45, 2.75) is 68.3 Å². The molecule has 37 heavy (non-hydrogen) atoms. The van der Waals surface area contributed by atoms with Crippen molar-refractivity contribution in [3.8, 4) is 0 Å². The highest BCUT2D eigenvalue weighted by Crippen LogP contribution is 2.42. The lowest BCUT2D eigenvalue weighted by Gasteiger charge is -2.23. The maximum Gasteiger partial charge on any atom is 0.348 e. The number of rotatable bonds is 13. The van der Waals surface area contributed by atoms with Crippen molar-refractivity contribution in [2.75, 3.05) is 13.2 Å². The molecule has 1 heterocycles. The number of benzene rings is 1. The van der Waals surface area contributed by atoms with Crippen molar-refractivity contribution in [2.24, 2.45) is 11.8 Å². The van der Waals surface area contributed by atoms with E-state index < -0.39 is 43.6 Å². The molecule has 206 valence electrons. The summed E-state index contributed by atoms with van der Waals surface area (Å²) in [5.41, 5.74) is 1.03. The van der Waals surface area contributed by atoms with Crippen LogP contribution in [0.3, 0.4) is 0 Å². The summed E-state index contributed by atoms with van der Waals surface area (Å²) in [5.74, 6) is -0.375. The summed E-state index contributed by atoms with van der Waals surface area (Å²) >= 11 is 20.1. The zero-order chi connectivity index (χ0) is 27.1. The number of hydrogen-bond donors (Lipinski definition) is 5. The lowest BCUT2D eigenvalue weighted by Crippen LogP contribution is -2.42. The minimum atomic E-state index is -1.62. The molecule has 1 fully saturated rings. The van der Waals surface area contributed by atoms with Gasteiger partial charge >= 0.3 is 5.97 Å². The summed E-state index contributed by atoms with van der Waals surface area (Å²) in [6, 6.07) is 8.98. The molecule has 0 aliphatic heterocycles. The van der Waals surface area contributed by atoms with Crippen molar-refractivity contribution in [3.63, 3.8) is 0 Å². The normalized spacial score (nSPS) is 24.1. The zero-order valence-corrected chi connectivity index (χ0v) is 23.3. The molecule has 1 aromatic carbocycles. The Balaban J connectivity index is 1.47. The van der Waals surface area contributed by atoms with E-state index >= 15 is 0 Å². The van der Waals surface area contributed by atoms with Gasteiger partial charge < -0.3 is 30.3 Å². The second-order valence-corrected chi connectivity index (χ2v) is 12.1. The molecule has 1 saturated carbocycles.